The number of benzene rings is 2. The number of carbonyl (C=O) groups is 2. The van der Waals surface area contributed by atoms with Crippen LogP contribution < -0.4 is 0 Å². The van der Waals surface area contributed by atoms with Gasteiger partial charge in [0.05, 0.1) is 17.7 Å². The van der Waals surface area contributed by atoms with Crippen molar-refractivity contribution in [3.63, 3.8) is 0 Å². The van der Waals surface area contributed by atoms with Crippen LogP contribution in [0.15, 0.2) is 65.8 Å². The molecule has 0 N–H and O–H groups in total. The van der Waals surface area contributed by atoms with Gasteiger partial charge in [-0.2, -0.15) is 0 Å². The number of esters is 2. The van der Waals surface area contributed by atoms with Crippen LogP contribution in [-0.2, 0) is 14.2 Å². The summed E-state index contributed by atoms with van der Waals surface area (Å²) in [7, 11) is 0. The molecule has 0 fully saturated rings. The maximum atomic E-state index is 12.4. The van der Waals surface area contributed by atoms with Gasteiger partial charge in [0.1, 0.15) is 12.7 Å². The van der Waals surface area contributed by atoms with Gasteiger partial charge in [0.15, 0.2) is 6.10 Å². The van der Waals surface area contributed by atoms with Crippen LogP contribution in [0.3, 0.4) is 0 Å². The van der Waals surface area contributed by atoms with Crippen LogP contribution in [0.25, 0.3) is 10.4 Å². The number of ether oxygens (including phenoxy) is 3. The Kier molecular flexibility index (Phi) is 8.52. The van der Waals surface area contributed by atoms with E-state index in [1.165, 1.54) is 0 Å². The lowest BCUT2D eigenvalue weighted by atomic mass is 10.2. The smallest absolute Gasteiger partial charge is 0.338 e. The molecule has 2 rings (SSSR count). The second-order valence-corrected chi connectivity index (χ2v) is 5.68. The molecule has 0 heterocycles. The van der Waals surface area contributed by atoms with Crippen molar-refractivity contribution in [1.82, 2.24) is 0 Å². The number of rotatable bonds is 10. The summed E-state index contributed by atoms with van der Waals surface area (Å²) in [5.74, 6) is -1.15. The van der Waals surface area contributed by atoms with Crippen molar-refractivity contribution in [1.29, 1.82) is 0 Å². The third-order valence-corrected chi connectivity index (χ3v) is 3.78. The van der Waals surface area contributed by atoms with Crippen molar-refractivity contribution in [3.05, 3.63) is 82.2 Å². The second-order valence-electron chi connectivity index (χ2n) is 5.68. The molecule has 2 aromatic carbocycles. The Labute approximate surface area is 162 Å². The van der Waals surface area contributed by atoms with Crippen molar-refractivity contribution >= 4 is 11.9 Å². The predicted molar refractivity (Wildman–Crippen MR) is 102 cm³/mol. The molecule has 0 aromatic heterocycles. The molecule has 0 aliphatic heterocycles. The average molecular weight is 383 g/mol. The van der Waals surface area contributed by atoms with Crippen LogP contribution in [0.5, 0.6) is 0 Å². The fourth-order valence-electron chi connectivity index (χ4n) is 2.42. The maximum Gasteiger partial charge on any atom is 0.338 e. The fourth-order valence-corrected chi connectivity index (χ4v) is 2.42. The van der Waals surface area contributed by atoms with Crippen molar-refractivity contribution in [2.75, 3.05) is 19.8 Å². The molecule has 146 valence electrons. The molecule has 0 saturated carbocycles. The zero-order chi connectivity index (χ0) is 20.2. The summed E-state index contributed by atoms with van der Waals surface area (Å²) in [5.41, 5.74) is 9.32. The highest BCUT2D eigenvalue weighted by molar-refractivity contribution is 5.90. The van der Waals surface area contributed by atoms with Crippen molar-refractivity contribution in [2.45, 2.75) is 19.1 Å². The number of nitrogens with zero attached hydrogens (tertiary/aromatic N) is 3. The lowest BCUT2D eigenvalue weighted by Crippen LogP contribution is -2.40. The van der Waals surface area contributed by atoms with E-state index in [0.717, 1.165) is 0 Å². The molecule has 0 aliphatic rings. The topological polar surface area (TPSA) is 111 Å². The first-order chi connectivity index (χ1) is 13.7. The highest BCUT2D eigenvalue weighted by Crippen LogP contribution is 2.12. The number of hydrogen-bond donors (Lipinski definition) is 0. The third-order valence-electron chi connectivity index (χ3n) is 3.78. The van der Waals surface area contributed by atoms with Gasteiger partial charge >= 0.3 is 11.9 Å². The Bertz CT molecular complexity index is 807. The van der Waals surface area contributed by atoms with Crippen LogP contribution in [-0.4, -0.2) is 43.9 Å². The van der Waals surface area contributed by atoms with Crippen molar-refractivity contribution in [3.8, 4) is 0 Å². The first kappa shape index (κ1) is 21.0. The molecule has 0 spiro atoms. The zero-order valence-electron chi connectivity index (χ0n) is 15.4. The molecule has 2 atom stereocenters. The number of hydrogen-bond acceptors (Lipinski definition) is 6. The molecule has 1 unspecified atom stereocenters. The van der Waals surface area contributed by atoms with E-state index < -0.39 is 24.1 Å². The van der Waals surface area contributed by atoms with Crippen LogP contribution in [0, 0.1) is 0 Å². The molecular weight excluding hydrogens is 362 g/mol. The minimum absolute atomic E-state index is 0.0695. The van der Waals surface area contributed by atoms with Gasteiger partial charge in [0.25, 0.3) is 0 Å². The predicted octanol–water partition coefficient (Wildman–Crippen LogP) is 3.78. The largest absolute Gasteiger partial charge is 0.458 e. The molecular formula is C20H21N3O5. The molecule has 0 saturated heterocycles. The summed E-state index contributed by atoms with van der Waals surface area (Å²) in [5, 5.41) is 3.50. The first-order valence-electron chi connectivity index (χ1n) is 8.76. The monoisotopic (exact) mass is 383 g/mol. The van der Waals surface area contributed by atoms with Gasteiger partial charge in [0.2, 0.25) is 0 Å². The molecule has 0 radical (unpaired) electrons. The van der Waals surface area contributed by atoms with Crippen LogP contribution >= 0.6 is 0 Å². The Morgan fingerprint density at radius 1 is 0.964 bits per heavy atom. The van der Waals surface area contributed by atoms with Gasteiger partial charge in [-0.3, -0.25) is 0 Å². The van der Waals surface area contributed by atoms with Crippen LogP contribution in [0.2, 0.25) is 0 Å². The van der Waals surface area contributed by atoms with Gasteiger partial charge in [-0.25, -0.2) is 9.59 Å². The minimum Gasteiger partial charge on any atom is -0.458 e. The normalized spacial score (nSPS) is 12.3. The molecule has 2 aromatic rings. The Hall–Kier alpha value is -3.35. The van der Waals surface area contributed by atoms with Gasteiger partial charge in [-0.15, -0.1) is 0 Å². The fraction of sp³-hybridized carbons (Fsp3) is 0.300. The van der Waals surface area contributed by atoms with E-state index in [-0.39, 0.29) is 13.2 Å². The average Bonchev–Trinajstić information content (AvgIpc) is 2.75. The zero-order valence-corrected chi connectivity index (χ0v) is 15.4. The highest BCUT2D eigenvalue weighted by Gasteiger charge is 2.28. The van der Waals surface area contributed by atoms with E-state index in [1.54, 1.807) is 67.6 Å². The third kappa shape index (κ3) is 6.42. The lowest BCUT2D eigenvalue weighted by molar-refractivity contribution is -0.0680. The van der Waals surface area contributed by atoms with Gasteiger partial charge in [0, 0.05) is 11.5 Å². The molecule has 0 aliphatic carbocycles. The standard InChI is InChI=1S/C20H21N3O5/c1-2-26-17(13-22-23-21)18(28-20(25)16-11-7-4-8-12-16)14-27-19(24)15-9-5-3-6-10-15/h3-12,17-18H,2,13-14H2,1H3/t17-,18?/m1/s1. The van der Waals surface area contributed by atoms with E-state index in [1.807, 2.05) is 0 Å². The maximum absolute atomic E-state index is 12.4. The van der Waals surface area contributed by atoms with E-state index >= 15 is 0 Å². The Balaban J connectivity index is 2.13. The van der Waals surface area contributed by atoms with Crippen LogP contribution in [0.4, 0.5) is 0 Å². The summed E-state index contributed by atoms with van der Waals surface area (Å²) in [4.78, 5) is 27.4. The summed E-state index contributed by atoms with van der Waals surface area (Å²) < 4.78 is 16.4. The van der Waals surface area contributed by atoms with Crippen LogP contribution in [0.1, 0.15) is 27.6 Å². The number of carbonyl (C=O) groups excluding carboxylic acids is 2. The summed E-state index contributed by atoms with van der Waals surface area (Å²) in [6, 6.07) is 16.9. The Morgan fingerprint density at radius 2 is 1.54 bits per heavy atom. The van der Waals surface area contributed by atoms with E-state index in [2.05, 4.69) is 10.0 Å². The SMILES string of the molecule is CCO[C@H](CN=[N+]=[N-])C(COC(=O)c1ccccc1)OC(=O)c1ccccc1. The van der Waals surface area contributed by atoms with Crippen molar-refractivity contribution < 1.29 is 23.8 Å². The molecule has 8 heteroatoms. The summed E-state index contributed by atoms with van der Waals surface area (Å²) >= 11 is 0. The summed E-state index contributed by atoms with van der Waals surface area (Å²) in [6.45, 7) is 1.75. The summed E-state index contributed by atoms with van der Waals surface area (Å²) in [6.07, 6.45) is -1.69. The van der Waals surface area contributed by atoms with Gasteiger partial charge in [-0.05, 0) is 36.7 Å². The highest BCUT2D eigenvalue weighted by atomic mass is 16.6. The van der Waals surface area contributed by atoms with E-state index in [0.29, 0.717) is 17.7 Å². The van der Waals surface area contributed by atoms with Gasteiger partial charge in [-0.1, -0.05) is 41.5 Å². The molecule has 0 bridgehead atoms. The number of azide groups is 1. The second kappa shape index (κ2) is 11.4. The van der Waals surface area contributed by atoms with Gasteiger partial charge < -0.3 is 14.2 Å². The molecule has 0 amide bonds. The lowest BCUT2D eigenvalue weighted by Gasteiger charge is -2.25. The molecule has 28 heavy (non-hydrogen) atoms. The minimum atomic E-state index is -0.939. The van der Waals surface area contributed by atoms with E-state index in [4.69, 9.17) is 19.7 Å². The van der Waals surface area contributed by atoms with Crippen molar-refractivity contribution in [2.24, 2.45) is 5.11 Å². The molecule has 8 nitrogen and oxygen atoms in total. The van der Waals surface area contributed by atoms with E-state index in [9.17, 15) is 9.59 Å². The quantitative estimate of drug-likeness (QED) is 0.268. The Morgan fingerprint density at radius 3 is 2.07 bits per heavy atom. The first-order valence-corrected chi connectivity index (χ1v) is 8.76.